The molecular formula is C19H18N6O. The summed E-state index contributed by atoms with van der Waals surface area (Å²) in [5.74, 6) is 0.659. The molecule has 0 bridgehead atoms. The molecule has 0 aliphatic rings. The Hall–Kier alpha value is -3.87. The van der Waals surface area contributed by atoms with Gasteiger partial charge in [0, 0.05) is 17.1 Å². The summed E-state index contributed by atoms with van der Waals surface area (Å²) in [6.07, 6.45) is 2.76. The Bertz CT molecular complexity index is 909. The fourth-order valence-electron chi connectivity index (χ4n) is 2.17. The van der Waals surface area contributed by atoms with Crippen LogP contribution in [0.5, 0.6) is 0 Å². The maximum absolute atomic E-state index is 11.3. The Kier molecular flexibility index (Phi) is 5.09. The van der Waals surface area contributed by atoms with E-state index in [1.807, 2.05) is 42.5 Å². The quantitative estimate of drug-likeness (QED) is 0.508. The second-order valence-corrected chi connectivity index (χ2v) is 5.38. The zero-order valence-electron chi connectivity index (χ0n) is 13.9. The second-order valence-electron chi connectivity index (χ2n) is 5.38. The van der Waals surface area contributed by atoms with Gasteiger partial charge in [-0.3, -0.25) is 4.79 Å². The van der Waals surface area contributed by atoms with Crippen molar-refractivity contribution in [3.63, 3.8) is 0 Å². The van der Waals surface area contributed by atoms with Crippen LogP contribution >= 0.6 is 0 Å². The number of rotatable bonds is 6. The van der Waals surface area contributed by atoms with Gasteiger partial charge in [0.15, 0.2) is 5.82 Å². The lowest BCUT2D eigenvalue weighted by molar-refractivity contribution is -0.111. The Morgan fingerprint density at radius 2 is 1.62 bits per heavy atom. The summed E-state index contributed by atoms with van der Waals surface area (Å²) < 4.78 is 0. The zero-order chi connectivity index (χ0) is 18.4. The number of nitrogens with zero attached hydrogens (tertiary/aromatic N) is 2. The molecule has 1 heterocycles. The van der Waals surface area contributed by atoms with Gasteiger partial charge in [0.2, 0.25) is 11.9 Å². The number of carbonyl (C=O) groups excluding carboxylic acids is 1. The number of benzene rings is 2. The fraction of sp³-hybridized carbons (Fsp3) is 0. The van der Waals surface area contributed by atoms with E-state index < -0.39 is 0 Å². The third-order valence-corrected chi connectivity index (χ3v) is 3.45. The van der Waals surface area contributed by atoms with Gasteiger partial charge >= 0.3 is 0 Å². The smallest absolute Gasteiger partial charge is 0.247 e. The van der Waals surface area contributed by atoms with E-state index in [2.05, 4.69) is 32.5 Å². The molecule has 1 amide bonds. The molecule has 7 heteroatoms. The number of aromatic nitrogens is 2. The highest BCUT2D eigenvalue weighted by atomic mass is 16.1. The third kappa shape index (κ3) is 4.35. The number of carbonyl (C=O) groups is 1. The van der Waals surface area contributed by atoms with Crippen molar-refractivity contribution in [3.8, 4) is 0 Å². The monoisotopic (exact) mass is 346 g/mol. The average molecular weight is 346 g/mol. The van der Waals surface area contributed by atoms with E-state index in [1.165, 1.54) is 6.08 Å². The number of nitrogens with one attached hydrogen (secondary N) is 3. The Morgan fingerprint density at radius 1 is 0.962 bits per heavy atom. The van der Waals surface area contributed by atoms with E-state index >= 15 is 0 Å². The molecule has 1 aromatic heterocycles. The second kappa shape index (κ2) is 7.80. The summed E-state index contributed by atoms with van der Waals surface area (Å²) in [6.45, 7) is 3.42. The number of hydrogen-bond acceptors (Lipinski definition) is 6. The first-order valence-corrected chi connectivity index (χ1v) is 7.89. The van der Waals surface area contributed by atoms with Gasteiger partial charge in [-0.1, -0.05) is 24.8 Å². The number of amides is 1. The minimum absolute atomic E-state index is 0.262. The molecule has 7 nitrogen and oxygen atoms in total. The molecule has 3 rings (SSSR count). The molecule has 0 unspecified atom stereocenters. The van der Waals surface area contributed by atoms with Crippen molar-refractivity contribution in [2.24, 2.45) is 0 Å². The largest absolute Gasteiger partial charge is 0.394 e. The standard InChI is InChI=1S/C19H18N6O/c1-2-17(26)22-14-8-10-15(11-9-14)23-18-16(20)12-21-19(25-18)24-13-6-4-3-5-7-13/h2-12H,1,20H2,(H,22,26)(H2,21,23,24,25). The molecule has 0 fully saturated rings. The van der Waals surface area contributed by atoms with E-state index in [-0.39, 0.29) is 5.91 Å². The van der Waals surface area contributed by atoms with E-state index in [0.717, 1.165) is 11.4 Å². The molecule has 3 aromatic rings. The van der Waals surface area contributed by atoms with Crippen LogP contribution in [0.2, 0.25) is 0 Å². The van der Waals surface area contributed by atoms with Gasteiger partial charge in [-0.2, -0.15) is 4.98 Å². The van der Waals surface area contributed by atoms with Crippen LogP contribution in [0.25, 0.3) is 0 Å². The normalized spacial score (nSPS) is 10.0. The molecule has 130 valence electrons. The van der Waals surface area contributed by atoms with Gasteiger partial charge < -0.3 is 21.7 Å². The predicted octanol–water partition coefficient (Wildman–Crippen LogP) is 3.67. The van der Waals surface area contributed by atoms with Crippen LogP contribution in [0.3, 0.4) is 0 Å². The molecule has 0 radical (unpaired) electrons. The average Bonchev–Trinajstić information content (AvgIpc) is 2.67. The van der Waals surface area contributed by atoms with Crippen molar-refractivity contribution in [2.75, 3.05) is 21.7 Å². The van der Waals surface area contributed by atoms with Crippen LogP contribution < -0.4 is 21.7 Å². The number of nitrogens with two attached hydrogens (primary N) is 1. The third-order valence-electron chi connectivity index (χ3n) is 3.45. The van der Waals surface area contributed by atoms with E-state index in [1.54, 1.807) is 18.3 Å². The van der Waals surface area contributed by atoms with Crippen LogP contribution in [0, 0.1) is 0 Å². The molecular weight excluding hydrogens is 328 g/mol. The molecule has 0 saturated carbocycles. The van der Waals surface area contributed by atoms with E-state index in [4.69, 9.17) is 5.73 Å². The molecule has 0 spiro atoms. The van der Waals surface area contributed by atoms with Crippen LogP contribution in [0.1, 0.15) is 0 Å². The zero-order valence-corrected chi connectivity index (χ0v) is 13.9. The topological polar surface area (TPSA) is 105 Å². The Morgan fingerprint density at radius 3 is 2.31 bits per heavy atom. The molecule has 5 N–H and O–H groups in total. The maximum Gasteiger partial charge on any atom is 0.247 e. The number of anilines is 6. The lowest BCUT2D eigenvalue weighted by atomic mass is 10.2. The van der Waals surface area contributed by atoms with Gasteiger partial charge in [-0.25, -0.2) is 4.98 Å². The van der Waals surface area contributed by atoms with Crippen LogP contribution in [-0.4, -0.2) is 15.9 Å². The lowest BCUT2D eigenvalue weighted by Crippen LogP contribution is -2.07. The first kappa shape index (κ1) is 17.0. The number of nitrogen functional groups attached to an aromatic ring is 1. The molecule has 0 saturated heterocycles. The Labute approximate surface area is 151 Å². The van der Waals surface area contributed by atoms with Crippen molar-refractivity contribution in [1.82, 2.24) is 9.97 Å². The minimum atomic E-state index is -0.262. The SMILES string of the molecule is C=CC(=O)Nc1ccc(Nc2nc(Nc3ccccc3)ncc2N)cc1. The summed E-state index contributed by atoms with van der Waals surface area (Å²) in [5, 5.41) is 8.95. The van der Waals surface area contributed by atoms with E-state index in [9.17, 15) is 4.79 Å². The predicted molar refractivity (Wildman–Crippen MR) is 105 cm³/mol. The molecule has 0 aliphatic heterocycles. The van der Waals surface area contributed by atoms with Crippen molar-refractivity contribution in [3.05, 3.63) is 73.4 Å². The fourth-order valence-corrected chi connectivity index (χ4v) is 2.17. The number of para-hydroxylation sites is 1. The molecule has 26 heavy (non-hydrogen) atoms. The highest BCUT2D eigenvalue weighted by molar-refractivity contribution is 5.98. The van der Waals surface area contributed by atoms with Gasteiger partial charge in [-0.15, -0.1) is 0 Å². The van der Waals surface area contributed by atoms with Gasteiger partial charge in [0.05, 0.1) is 11.9 Å². The summed E-state index contributed by atoms with van der Waals surface area (Å²) in [6, 6.07) is 16.8. The first-order valence-electron chi connectivity index (χ1n) is 7.89. The first-order chi connectivity index (χ1) is 12.6. The maximum atomic E-state index is 11.3. The number of hydrogen-bond donors (Lipinski definition) is 4. The molecule has 0 aliphatic carbocycles. The van der Waals surface area contributed by atoms with Gasteiger partial charge in [0.1, 0.15) is 0 Å². The van der Waals surface area contributed by atoms with Crippen molar-refractivity contribution in [1.29, 1.82) is 0 Å². The van der Waals surface area contributed by atoms with Crippen molar-refractivity contribution in [2.45, 2.75) is 0 Å². The minimum Gasteiger partial charge on any atom is -0.394 e. The van der Waals surface area contributed by atoms with Gasteiger partial charge in [-0.05, 0) is 42.5 Å². The molecule has 2 aromatic carbocycles. The summed E-state index contributed by atoms with van der Waals surface area (Å²) >= 11 is 0. The summed E-state index contributed by atoms with van der Waals surface area (Å²) in [5.41, 5.74) is 8.71. The van der Waals surface area contributed by atoms with Crippen LogP contribution in [0.4, 0.5) is 34.5 Å². The Balaban J connectivity index is 1.73. The van der Waals surface area contributed by atoms with Gasteiger partial charge in [0.25, 0.3) is 0 Å². The lowest BCUT2D eigenvalue weighted by Gasteiger charge is -2.11. The van der Waals surface area contributed by atoms with Crippen LogP contribution in [0.15, 0.2) is 73.4 Å². The highest BCUT2D eigenvalue weighted by Crippen LogP contribution is 2.23. The van der Waals surface area contributed by atoms with Crippen molar-refractivity contribution < 1.29 is 4.79 Å². The van der Waals surface area contributed by atoms with Crippen LogP contribution in [-0.2, 0) is 4.79 Å². The summed E-state index contributed by atoms with van der Waals surface area (Å²) in [7, 11) is 0. The highest BCUT2D eigenvalue weighted by Gasteiger charge is 2.06. The van der Waals surface area contributed by atoms with Crippen molar-refractivity contribution >= 4 is 40.4 Å². The summed E-state index contributed by atoms with van der Waals surface area (Å²) in [4.78, 5) is 19.9. The van der Waals surface area contributed by atoms with E-state index in [0.29, 0.717) is 23.1 Å². The molecule has 0 atom stereocenters.